The van der Waals surface area contributed by atoms with Gasteiger partial charge in [-0.3, -0.25) is 4.79 Å². The van der Waals surface area contributed by atoms with Gasteiger partial charge >= 0.3 is 0 Å². The van der Waals surface area contributed by atoms with Crippen molar-refractivity contribution in [3.05, 3.63) is 24.3 Å². The lowest BCUT2D eigenvalue weighted by Gasteiger charge is -2.21. The third-order valence-corrected chi connectivity index (χ3v) is 3.45. The Morgan fingerprint density at radius 1 is 1.26 bits per heavy atom. The number of primary amides is 1. The summed E-state index contributed by atoms with van der Waals surface area (Å²) >= 11 is 1.46. The van der Waals surface area contributed by atoms with Crippen molar-refractivity contribution in [2.24, 2.45) is 5.73 Å². The van der Waals surface area contributed by atoms with Crippen molar-refractivity contribution in [2.45, 2.75) is 31.2 Å². The van der Waals surface area contributed by atoms with E-state index in [1.165, 1.54) is 11.8 Å². The van der Waals surface area contributed by atoms with E-state index < -0.39 is 0 Å². The molecule has 0 aromatic heterocycles. The highest BCUT2D eigenvalue weighted by Crippen LogP contribution is 2.26. The number of carbonyl (C=O) groups is 1. The summed E-state index contributed by atoms with van der Waals surface area (Å²) in [4.78, 5) is 11.9. The predicted molar refractivity (Wildman–Crippen MR) is 82.6 cm³/mol. The van der Waals surface area contributed by atoms with Gasteiger partial charge in [-0.15, -0.1) is 11.8 Å². The van der Waals surface area contributed by atoms with Crippen LogP contribution in [0.4, 0.5) is 5.69 Å². The van der Waals surface area contributed by atoms with Crippen LogP contribution in [-0.4, -0.2) is 30.3 Å². The van der Waals surface area contributed by atoms with Crippen LogP contribution in [0.25, 0.3) is 0 Å². The van der Waals surface area contributed by atoms with Gasteiger partial charge in [0.15, 0.2) is 0 Å². The zero-order valence-corrected chi connectivity index (χ0v) is 12.6. The lowest BCUT2D eigenvalue weighted by molar-refractivity contribution is -0.115. The molecule has 1 rings (SSSR count). The van der Waals surface area contributed by atoms with Gasteiger partial charge in [0.25, 0.3) is 0 Å². The number of benzene rings is 1. The molecular formula is C14H23N3OS. The molecule has 0 aliphatic heterocycles. The Morgan fingerprint density at radius 2 is 1.95 bits per heavy atom. The normalized spacial score (nSPS) is 11.3. The first-order valence-electron chi connectivity index (χ1n) is 6.37. The monoisotopic (exact) mass is 281 g/mol. The van der Waals surface area contributed by atoms with Crippen molar-refractivity contribution in [1.29, 1.82) is 0 Å². The van der Waals surface area contributed by atoms with Crippen molar-refractivity contribution >= 4 is 23.4 Å². The molecule has 0 unspecified atom stereocenters. The van der Waals surface area contributed by atoms with Gasteiger partial charge in [-0.05, 0) is 32.9 Å². The van der Waals surface area contributed by atoms with Gasteiger partial charge in [0, 0.05) is 29.2 Å². The molecule has 0 fully saturated rings. The van der Waals surface area contributed by atoms with E-state index >= 15 is 0 Å². The molecule has 19 heavy (non-hydrogen) atoms. The number of anilines is 1. The first kappa shape index (κ1) is 15.9. The topological polar surface area (TPSA) is 67.2 Å². The van der Waals surface area contributed by atoms with Crippen molar-refractivity contribution < 1.29 is 4.79 Å². The Labute approximate surface area is 119 Å². The SMILES string of the molecule is CC(C)(C)NCCNc1ccccc1SCC(N)=O. The van der Waals surface area contributed by atoms with Gasteiger partial charge in [-0.1, -0.05) is 12.1 Å². The Hall–Kier alpha value is -1.20. The maximum atomic E-state index is 10.8. The van der Waals surface area contributed by atoms with Crippen LogP contribution >= 0.6 is 11.8 Å². The van der Waals surface area contributed by atoms with Crippen LogP contribution in [0, 0.1) is 0 Å². The standard InChI is InChI=1S/C14H23N3OS/c1-14(2,3)17-9-8-16-11-6-4-5-7-12(11)19-10-13(15)18/h4-7,16-17H,8-10H2,1-3H3,(H2,15,18). The number of hydrogen-bond donors (Lipinski definition) is 3. The molecule has 5 heteroatoms. The molecule has 0 saturated carbocycles. The fourth-order valence-electron chi connectivity index (χ4n) is 1.52. The summed E-state index contributed by atoms with van der Waals surface area (Å²) in [5.74, 6) is 0.00746. The summed E-state index contributed by atoms with van der Waals surface area (Å²) in [7, 11) is 0. The highest BCUT2D eigenvalue weighted by molar-refractivity contribution is 8.00. The molecule has 106 valence electrons. The Bertz CT molecular complexity index is 415. The zero-order valence-electron chi connectivity index (χ0n) is 11.8. The van der Waals surface area contributed by atoms with Crippen LogP contribution in [0.3, 0.4) is 0 Å². The van der Waals surface area contributed by atoms with Crippen molar-refractivity contribution in [3.63, 3.8) is 0 Å². The largest absolute Gasteiger partial charge is 0.383 e. The summed E-state index contributed by atoms with van der Waals surface area (Å²) in [6.45, 7) is 8.15. The molecule has 4 N–H and O–H groups in total. The third kappa shape index (κ3) is 7.08. The summed E-state index contributed by atoms with van der Waals surface area (Å²) < 4.78 is 0. The second-order valence-corrected chi connectivity index (χ2v) is 6.37. The summed E-state index contributed by atoms with van der Waals surface area (Å²) in [6.07, 6.45) is 0. The molecule has 0 atom stereocenters. The van der Waals surface area contributed by atoms with E-state index in [0.717, 1.165) is 23.7 Å². The summed E-state index contributed by atoms with van der Waals surface area (Å²) in [6, 6.07) is 7.95. The molecule has 0 spiro atoms. The predicted octanol–water partition coefficient (Wildman–Crippen LogP) is 2.06. The molecule has 0 heterocycles. The van der Waals surface area contributed by atoms with Gasteiger partial charge < -0.3 is 16.4 Å². The van der Waals surface area contributed by atoms with Gasteiger partial charge in [0.2, 0.25) is 5.91 Å². The lowest BCUT2D eigenvalue weighted by atomic mass is 10.1. The van der Waals surface area contributed by atoms with Gasteiger partial charge in [-0.25, -0.2) is 0 Å². The average molecular weight is 281 g/mol. The minimum atomic E-state index is -0.297. The Kier molecular flexibility index (Phi) is 6.18. The average Bonchev–Trinajstić information content (AvgIpc) is 2.32. The number of amides is 1. The second kappa shape index (κ2) is 7.40. The summed E-state index contributed by atoms with van der Waals surface area (Å²) in [5.41, 5.74) is 6.34. The first-order chi connectivity index (χ1) is 8.88. The third-order valence-electron chi connectivity index (χ3n) is 2.35. The minimum absolute atomic E-state index is 0.127. The first-order valence-corrected chi connectivity index (χ1v) is 7.36. The highest BCUT2D eigenvalue weighted by atomic mass is 32.2. The number of hydrogen-bond acceptors (Lipinski definition) is 4. The number of carbonyl (C=O) groups excluding carboxylic acids is 1. The molecule has 1 aromatic carbocycles. The molecule has 4 nitrogen and oxygen atoms in total. The molecule has 0 radical (unpaired) electrons. The number of rotatable bonds is 7. The van der Waals surface area contributed by atoms with Crippen molar-refractivity contribution in [2.75, 3.05) is 24.2 Å². The van der Waals surface area contributed by atoms with Crippen LogP contribution in [0.5, 0.6) is 0 Å². The highest BCUT2D eigenvalue weighted by Gasteiger charge is 2.08. The maximum Gasteiger partial charge on any atom is 0.227 e. The quantitative estimate of drug-likeness (QED) is 0.529. The van der Waals surface area contributed by atoms with E-state index in [1.54, 1.807) is 0 Å². The number of thioether (sulfide) groups is 1. The van der Waals surface area contributed by atoms with Gasteiger partial charge in [0.05, 0.1) is 5.75 Å². The maximum absolute atomic E-state index is 10.8. The molecule has 1 aromatic rings. The van der Waals surface area contributed by atoms with E-state index in [4.69, 9.17) is 5.73 Å². The molecule has 0 aliphatic carbocycles. The fraction of sp³-hybridized carbons (Fsp3) is 0.500. The number of nitrogens with one attached hydrogen (secondary N) is 2. The van der Waals surface area contributed by atoms with Crippen LogP contribution in [0.1, 0.15) is 20.8 Å². The molecule has 1 amide bonds. The van der Waals surface area contributed by atoms with Gasteiger partial charge in [-0.2, -0.15) is 0 Å². The van der Waals surface area contributed by atoms with Crippen LogP contribution in [0.15, 0.2) is 29.2 Å². The smallest absolute Gasteiger partial charge is 0.227 e. The van der Waals surface area contributed by atoms with E-state index in [0.29, 0.717) is 5.75 Å². The second-order valence-electron chi connectivity index (χ2n) is 5.35. The lowest BCUT2D eigenvalue weighted by Crippen LogP contribution is -2.38. The number of para-hydroxylation sites is 1. The van der Waals surface area contributed by atoms with Crippen molar-refractivity contribution in [1.82, 2.24) is 5.32 Å². The fourth-order valence-corrected chi connectivity index (χ4v) is 2.29. The van der Waals surface area contributed by atoms with Crippen molar-refractivity contribution in [3.8, 4) is 0 Å². The minimum Gasteiger partial charge on any atom is -0.383 e. The molecule has 0 aliphatic rings. The van der Waals surface area contributed by atoms with E-state index in [2.05, 4.69) is 31.4 Å². The molecule has 0 saturated heterocycles. The van der Waals surface area contributed by atoms with Gasteiger partial charge in [0.1, 0.15) is 0 Å². The van der Waals surface area contributed by atoms with Crippen LogP contribution < -0.4 is 16.4 Å². The molecular weight excluding hydrogens is 258 g/mol. The Morgan fingerprint density at radius 3 is 2.58 bits per heavy atom. The van der Waals surface area contributed by atoms with E-state index in [9.17, 15) is 4.79 Å². The van der Waals surface area contributed by atoms with E-state index in [1.807, 2.05) is 24.3 Å². The zero-order chi connectivity index (χ0) is 14.3. The number of nitrogens with two attached hydrogens (primary N) is 1. The van der Waals surface area contributed by atoms with Crippen LogP contribution in [-0.2, 0) is 4.79 Å². The Balaban J connectivity index is 2.46. The summed E-state index contributed by atoms with van der Waals surface area (Å²) in [5, 5.41) is 6.79. The molecule has 0 bridgehead atoms. The van der Waals surface area contributed by atoms with E-state index in [-0.39, 0.29) is 11.4 Å². The van der Waals surface area contributed by atoms with Crippen LogP contribution in [0.2, 0.25) is 0 Å².